The molecule has 90 valence electrons. The first-order valence-corrected chi connectivity index (χ1v) is 6.65. The molecule has 0 aromatic heterocycles. The smallest absolute Gasteiger partial charge is 0.000835 e. The Morgan fingerprint density at radius 2 is 1.44 bits per heavy atom. The second kappa shape index (κ2) is 8.35. The number of aryl methyl sites for hydroxylation is 1. The zero-order chi connectivity index (χ0) is 11.6. The van der Waals surface area contributed by atoms with Crippen LogP contribution in [-0.4, -0.2) is 13.1 Å². The Bertz CT molecular complexity index is 263. The molecule has 0 aliphatic rings. The molecule has 0 bridgehead atoms. The molecule has 1 aromatic carbocycles. The van der Waals surface area contributed by atoms with Gasteiger partial charge in [-0.2, -0.15) is 0 Å². The topological polar surface area (TPSA) is 12.0 Å². The molecule has 0 aliphatic carbocycles. The van der Waals surface area contributed by atoms with Crippen LogP contribution in [0.3, 0.4) is 0 Å². The Morgan fingerprint density at radius 1 is 0.812 bits per heavy atom. The lowest BCUT2D eigenvalue weighted by Crippen LogP contribution is -2.17. The fourth-order valence-electron chi connectivity index (χ4n) is 1.79. The van der Waals surface area contributed by atoms with Crippen LogP contribution in [0, 0.1) is 0 Å². The third kappa shape index (κ3) is 5.32. The van der Waals surface area contributed by atoms with Crippen molar-refractivity contribution in [2.45, 2.75) is 46.0 Å². The molecular weight excluding hydrogens is 194 g/mol. The van der Waals surface area contributed by atoms with E-state index in [9.17, 15) is 0 Å². The number of benzene rings is 1. The molecule has 0 radical (unpaired) electrons. The highest BCUT2D eigenvalue weighted by molar-refractivity contribution is 5.22. The van der Waals surface area contributed by atoms with Gasteiger partial charge in [0.25, 0.3) is 0 Å². The standard InChI is InChI=1S/C15H25N/c1-3-5-6-14-7-9-15(10-8-14)11-13-16-12-4-2/h7-10,16H,3-6,11-13H2,1-2H3. The van der Waals surface area contributed by atoms with Gasteiger partial charge in [-0.05, 0) is 49.9 Å². The van der Waals surface area contributed by atoms with E-state index in [1.54, 1.807) is 0 Å². The fourth-order valence-corrected chi connectivity index (χ4v) is 1.79. The van der Waals surface area contributed by atoms with Crippen LogP contribution in [0.15, 0.2) is 24.3 Å². The molecule has 1 rings (SSSR count). The molecule has 0 unspecified atom stereocenters. The van der Waals surface area contributed by atoms with Gasteiger partial charge in [0.2, 0.25) is 0 Å². The summed E-state index contributed by atoms with van der Waals surface area (Å²) in [6.45, 7) is 6.68. The highest BCUT2D eigenvalue weighted by Gasteiger charge is 1.95. The maximum absolute atomic E-state index is 3.43. The Labute approximate surface area is 100 Å². The van der Waals surface area contributed by atoms with E-state index in [0.717, 1.165) is 19.5 Å². The van der Waals surface area contributed by atoms with Crippen molar-refractivity contribution in [1.82, 2.24) is 5.32 Å². The van der Waals surface area contributed by atoms with E-state index >= 15 is 0 Å². The second-order valence-electron chi connectivity index (χ2n) is 4.42. The summed E-state index contributed by atoms with van der Waals surface area (Å²) >= 11 is 0. The minimum atomic E-state index is 1.10. The highest BCUT2D eigenvalue weighted by atomic mass is 14.8. The lowest BCUT2D eigenvalue weighted by atomic mass is 10.1. The van der Waals surface area contributed by atoms with Crippen molar-refractivity contribution >= 4 is 0 Å². The maximum atomic E-state index is 3.43. The van der Waals surface area contributed by atoms with Crippen LogP contribution in [-0.2, 0) is 12.8 Å². The van der Waals surface area contributed by atoms with Gasteiger partial charge in [-0.1, -0.05) is 44.5 Å². The second-order valence-corrected chi connectivity index (χ2v) is 4.42. The van der Waals surface area contributed by atoms with E-state index in [4.69, 9.17) is 0 Å². The summed E-state index contributed by atoms with van der Waals surface area (Å²) in [5, 5.41) is 3.43. The van der Waals surface area contributed by atoms with E-state index in [-0.39, 0.29) is 0 Å². The Morgan fingerprint density at radius 3 is 2.00 bits per heavy atom. The number of rotatable bonds is 8. The largest absolute Gasteiger partial charge is 0.316 e. The molecule has 1 aromatic rings. The molecule has 0 amide bonds. The van der Waals surface area contributed by atoms with Gasteiger partial charge in [-0.15, -0.1) is 0 Å². The van der Waals surface area contributed by atoms with Crippen molar-refractivity contribution in [1.29, 1.82) is 0 Å². The molecule has 1 heteroatoms. The summed E-state index contributed by atoms with van der Waals surface area (Å²) in [5.41, 5.74) is 2.93. The third-order valence-electron chi connectivity index (χ3n) is 2.86. The molecule has 0 fully saturated rings. The average molecular weight is 219 g/mol. The summed E-state index contributed by atoms with van der Waals surface area (Å²) in [4.78, 5) is 0. The maximum Gasteiger partial charge on any atom is -0.000835 e. The number of hydrogen-bond acceptors (Lipinski definition) is 1. The first-order chi connectivity index (χ1) is 7.86. The Balaban J connectivity index is 2.27. The van der Waals surface area contributed by atoms with Gasteiger partial charge in [0.15, 0.2) is 0 Å². The normalized spacial score (nSPS) is 10.6. The average Bonchev–Trinajstić information content (AvgIpc) is 2.33. The molecule has 0 spiro atoms. The fraction of sp³-hybridized carbons (Fsp3) is 0.600. The SMILES string of the molecule is CCCCc1ccc(CCNCCC)cc1. The van der Waals surface area contributed by atoms with Crippen LogP contribution in [0.1, 0.15) is 44.2 Å². The van der Waals surface area contributed by atoms with Crippen LogP contribution in [0.5, 0.6) is 0 Å². The van der Waals surface area contributed by atoms with Crippen LogP contribution in [0.25, 0.3) is 0 Å². The first kappa shape index (κ1) is 13.2. The lowest BCUT2D eigenvalue weighted by molar-refractivity contribution is 0.671. The van der Waals surface area contributed by atoms with Crippen molar-refractivity contribution in [3.8, 4) is 0 Å². The number of hydrogen-bond donors (Lipinski definition) is 1. The summed E-state index contributed by atoms with van der Waals surface area (Å²) in [6, 6.07) is 9.12. The number of nitrogens with one attached hydrogen (secondary N) is 1. The zero-order valence-electron chi connectivity index (χ0n) is 10.8. The Hall–Kier alpha value is -0.820. The molecular formula is C15H25N. The lowest BCUT2D eigenvalue weighted by Gasteiger charge is -2.05. The molecule has 0 heterocycles. The van der Waals surface area contributed by atoms with Crippen LogP contribution in [0.4, 0.5) is 0 Å². The van der Waals surface area contributed by atoms with Gasteiger partial charge < -0.3 is 5.32 Å². The van der Waals surface area contributed by atoms with E-state index in [0.29, 0.717) is 0 Å². The summed E-state index contributed by atoms with van der Waals surface area (Å²) in [5.74, 6) is 0. The molecule has 0 saturated carbocycles. The van der Waals surface area contributed by atoms with Crippen molar-refractivity contribution in [3.05, 3.63) is 35.4 Å². The van der Waals surface area contributed by atoms with Crippen molar-refractivity contribution < 1.29 is 0 Å². The van der Waals surface area contributed by atoms with Gasteiger partial charge in [0.05, 0.1) is 0 Å². The monoisotopic (exact) mass is 219 g/mol. The van der Waals surface area contributed by atoms with Gasteiger partial charge >= 0.3 is 0 Å². The predicted octanol–water partition coefficient (Wildman–Crippen LogP) is 3.57. The minimum absolute atomic E-state index is 1.10. The van der Waals surface area contributed by atoms with Crippen molar-refractivity contribution in [2.75, 3.05) is 13.1 Å². The first-order valence-electron chi connectivity index (χ1n) is 6.65. The summed E-state index contributed by atoms with van der Waals surface area (Å²) < 4.78 is 0. The molecule has 1 N–H and O–H groups in total. The minimum Gasteiger partial charge on any atom is -0.316 e. The van der Waals surface area contributed by atoms with Crippen LogP contribution >= 0.6 is 0 Å². The van der Waals surface area contributed by atoms with Gasteiger partial charge in [-0.25, -0.2) is 0 Å². The van der Waals surface area contributed by atoms with Gasteiger partial charge in [0, 0.05) is 0 Å². The third-order valence-corrected chi connectivity index (χ3v) is 2.86. The van der Waals surface area contributed by atoms with Crippen molar-refractivity contribution in [2.24, 2.45) is 0 Å². The molecule has 1 nitrogen and oxygen atoms in total. The summed E-state index contributed by atoms with van der Waals surface area (Å²) in [7, 11) is 0. The molecule has 0 saturated heterocycles. The summed E-state index contributed by atoms with van der Waals surface area (Å²) in [6.07, 6.45) is 6.18. The highest BCUT2D eigenvalue weighted by Crippen LogP contribution is 2.08. The van der Waals surface area contributed by atoms with E-state index in [1.807, 2.05) is 0 Å². The molecule has 0 aliphatic heterocycles. The van der Waals surface area contributed by atoms with E-state index < -0.39 is 0 Å². The van der Waals surface area contributed by atoms with Crippen molar-refractivity contribution in [3.63, 3.8) is 0 Å². The van der Waals surface area contributed by atoms with Crippen LogP contribution < -0.4 is 5.32 Å². The van der Waals surface area contributed by atoms with Gasteiger partial charge in [-0.3, -0.25) is 0 Å². The molecule has 16 heavy (non-hydrogen) atoms. The number of unbranched alkanes of at least 4 members (excludes halogenated alkanes) is 1. The molecule has 0 atom stereocenters. The quantitative estimate of drug-likeness (QED) is 0.659. The van der Waals surface area contributed by atoms with E-state index in [2.05, 4.69) is 43.4 Å². The predicted molar refractivity (Wildman–Crippen MR) is 71.9 cm³/mol. The van der Waals surface area contributed by atoms with Gasteiger partial charge in [0.1, 0.15) is 0 Å². The van der Waals surface area contributed by atoms with Crippen LogP contribution in [0.2, 0.25) is 0 Å². The zero-order valence-corrected chi connectivity index (χ0v) is 10.8. The Kier molecular flexibility index (Phi) is 6.91. The van der Waals surface area contributed by atoms with E-state index in [1.165, 1.54) is 36.8 Å².